The monoisotopic (exact) mass is 299 g/mol. The summed E-state index contributed by atoms with van der Waals surface area (Å²) in [5.41, 5.74) is 3.85. The first-order valence-electron chi connectivity index (χ1n) is 5.81. The SMILES string of the molecule is NCC(F)(F)CNc1cc2nc[nH]c(=O)c2cc1[N+](=O)[O-]. The Kier molecular flexibility index (Phi) is 3.80. The van der Waals surface area contributed by atoms with Crippen LogP contribution in [0.25, 0.3) is 10.9 Å². The fourth-order valence-corrected chi connectivity index (χ4v) is 1.69. The van der Waals surface area contributed by atoms with Crippen molar-refractivity contribution in [1.29, 1.82) is 0 Å². The highest BCUT2D eigenvalue weighted by Crippen LogP contribution is 2.28. The molecular formula is C11H11F2N5O3. The van der Waals surface area contributed by atoms with Crippen molar-refractivity contribution in [1.82, 2.24) is 9.97 Å². The predicted molar refractivity (Wildman–Crippen MR) is 71.5 cm³/mol. The molecule has 0 atom stereocenters. The van der Waals surface area contributed by atoms with Gasteiger partial charge in [-0.25, -0.2) is 13.8 Å². The van der Waals surface area contributed by atoms with E-state index in [-0.39, 0.29) is 16.6 Å². The van der Waals surface area contributed by atoms with Crippen LogP contribution in [0.4, 0.5) is 20.2 Å². The van der Waals surface area contributed by atoms with Crippen molar-refractivity contribution < 1.29 is 13.7 Å². The maximum atomic E-state index is 13.1. The molecule has 10 heteroatoms. The number of aromatic amines is 1. The highest BCUT2D eigenvalue weighted by atomic mass is 19.3. The Bertz CT molecular complexity index is 746. The van der Waals surface area contributed by atoms with Crippen LogP contribution in [-0.2, 0) is 0 Å². The van der Waals surface area contributed by atoms with Crippen molar-refractivity contribution >= 4 is 22.3 Å². The van der Waals surface area contributed by atoms with E-state index in [1.807, 2.05) is 0 Å². The number of benzene rings is 1. The van der Waals surface area contributed by atoms with Gasteiger partial charge in [-0.2, -0.15) is 0 Å². The van der Waals surface area contributed by atoms with Crippen molar-refractivity contribution in [2.45, 2.75) is 5.92 Å². The van der Waals surface area contributed by atoms with Gasteiger partial charge in [0.25, 0.3) is 17.2 Å². The molecule has 0 aliphatic carbocycles. The number of anilines is 1. The lowest BCUT2D eigenvalue weighted by atomic mass is 10.2. The van der Waals surface area contributed by atoms with Gasteiger partial charge < -0.3 is 16.0 Å². The maximum Gasteiger partial charge on any atom is 0.293 e. The Balaban J connectivity index is 2.49. The number of hydrogen-bond donors (Lipinski definition) is 3. The molecule has 2 aromatic rings. The predicted octanol–water partition coefficient (Wildman–Crippen LogP) is 0.837. The van der Waals surface area contributed by atoms with Gasteiger partial charge >= 0.3 is 0 Å². The Morgan fingerprint density at radius 2 is 2.19 bits per heavy atom. The van der Waals surface area contributed by atoms with Gasteiger partial charge in [-0.1, -0.05) is 0 Å². The number of alkyl halides is 2. The number of aromatic nitrogens is 2. The summed E-state index contributed by atoms with van der Waals surface area (Å²) in [6.07, 6.45) is 1.12. The number of nitrogens with one attached hydrogen (secondary N) is 2. The first-order valence-corrected chi connectivity index (χ1v) is 5.81. The lowest BCUT2D eigenvalue weighted by Crippen LogP contribution is -2.35. The summed E-state index contributed by atoms with van der Waals surface area (Å²) in [4.78, 5) is 27.9. The van der Waals surface area contributed by atoms with Crippen molar-refractivity contribution in [3.63, 3.8) is 0 Å². The summed E-state index contributed by atoms with van der Waals surface area (Å²) in [6.45, 7) is -1.75. The van der Waals surface area contributed by atoms with E-state index in [4.69, 9.17) is 5.73 Å². The Hall–Kier alpha value is -2.62. The molecule has 0 bridgehead atoms. The second-order valence-corrected chi connectivity index (χ2v) is 4.29. The van der Waals surface area contributed by atoms with Gasteiger partial charge in [0.15, 0.2) is 0 Å². The third-order valence-electron chi connectivity index (χ3n) is 2.79. The van der Waals surface area contributed by atoms with Crippen LogP contribution in [0.1, 0.15) is 0 Å². The number of hydrogen-bond acceptors (Lipinski definition) is 6. The minimum atomic E-state index is -3.20. The highest BCUT2D eigenvalue weighted by molar-refractivity contribution is 5.86. The van der Waals surface area contributed by atoms with Gasteiger partial charge in [0, 0.05) is 6.07 Å². The summed E-state index contributed by atoms with van der Waals surface area (Å²) in [7, 11) is 0. The summed E-state index contributed by atoms with van der Waals surface area (Å²) in [6, 6.07) is 2.17. The van der Waals surface area contributed by atoms with E-state index >= 15 is 0 Å². The van der Waals surface area contributed by atoms with E-state index in [0.29, 0.717) is 0 Å². The number of nitrogens with zero attached hydrogens (tertiary/aromatic N) is 2. The molecule has 1 aromatic heterocycles. The van der Waals surface area contributed by atoms with E-state index in [0.717, 1.165) is 12.4 Å². The maximum absolute atomic E-state index is 13.1. The first kappa shape index (κ1) is 14.8. The molecule has 1 aromatic carbocycles. The van der Waals surface area contributed by atoms with Crippen LogP contribution < -0.4 is 16.6 Å². The summed E-state index contributed by atoms with van der Waals surface area (Å²) >= 11 is 0. The van der Waals surface area contributed by atoms with Gasteiger partial charge in [0.05, 0.1) is 35.2 Å². The number of fused-ring (bicyclic) bond motifs is 1. The molecule has 8 nitrogen and oxygen atoms in total. The first-order chi connectivity index (χ1) is 9.84. The lowest BCUT2D eigenvalue weighted by molar-refractivity contribution is -0.383. The van der Waals surface area contributed by atoms with Gasteiger partial charge in [-0.3, -0.25) is 14.9 Å². The Morgan fingerprint density at radius 1 is 1.48 bits per heavy atom. The molecular weight excluding hydrogens is 288 g/mol. The molecule has 112 valence electrons. The molecule has 0 aliphatic heterocycles. The smallest absolute Gasteiger partial charge is 0.293 e. The molecule has 0 radical (unpaired) electrons. The molecule has 0 unspecified atom stereocenters. The van der Waals surface area contributed by atoms with Gasteiger partial charge in [0.2, 0.25) is 0 Å². The fraction of sp³-hybridized carbons (Fsp3) is 0.273. The summed E-state index contributed by atoms with van der Waals surface area (Å²) in [5, 5.41) is 13.3. The third-order valence-corrected chi connectivity index (χ3v) is 2.79. The zero-order chi connectivity index (χ0) is 15.6. The molecule has 21 heavy (non-hydrogen) atoms. The fourth-order valence-electron chi connectivity index (χ4n) is 1.69. The van der Waals surface area contributed by atoms with Gasteiger partial charge in [-0.15, -0.1) is 0 Å². The number of halogens is 2. The van der Waals surface area contributed by atoms with E-state index in [9.17, 15) is 23.7 Å². The molecule has 0 aliphatic rings. The number of nitrogens with two attached hydrogens (primary N) is 1. The zero-order valence-corrected chi connectivity index (χ0v) is 10.6. The van der Waals surface area contributed by atoms with Crippen LogP contribution in [-0.4, -0.2) is 33.9 Å². The zero-order valence-electron chi connectivity index (χ0n) is 10.6. The summed E-state index contributed by atoms with van der Waals surface area (Å²) in [5.74, 6) is -3.20. The molecule has 0 saturated carbocycles. The average Bonchev–Trinajstić information content (AvgIpc) is 2.44. The topological polar surface area (TPSA) is 127 Å². The van der Waals surface area contributed by atoms with Crippen LogP contribution in [0.15, 0.2) is 23.3 Å². The Labute approximate surface area is 116 Å². The molecule has 4 N–H and O–H groups in total. The average molecular weight is 299 g/mol. The van der Waals surface area contributed by atoms with Gasteiger partial charge in [-0.05, 0) is 6.07 Å². The lowest BCUT2D eigenvalue weighted by Gasteiger charge is -2.15. The van der Waals surface area contributed by atoms with Crippen LogP contribution in [0.3, 0.4) is 0 Å². The minimum Gasteiger partial charge on any atom is -0.373 e. The number of nitro groups is 1. The van der Waals surface area contributed by atoms with Gasteiger partial charge in [0.1, 0.15) is 5.69 Å². The van der Waals surface area contributed by atoms with Crippen molar-refractivity contribution in [2.75, 3.05) is 18.4 Å². The number of nitro benzene ring substituents is 1. The van der Waals surface area contributed by atoms with E-state index in [2.05, 4.69) is 15.3 Å². The molecule has 0 spiro atoms. The van der Waals surface area contributed by atoms with Crippen molar-refractivity contribution in [3.05, 3.63) is 38.9 Å². The quantitative estimate of drug-likeness (QED) is 0.554. The molecule has 0 amide bonds. The van der Waals surface area contributed by atoms with Crippen LogP contribution in [0.2, 0.25) is 0 Å². The Morgan fingerprint density at radius 3 is 2.81 bits per heavy atom. The summed E-state index contributed by atoms with van der Waals surface area (Å²) < 4.78 is 26.2. The molecule has 1 heterocycles. The van der Waals surface area contributed by atoms with Crippen LogP contribution >= 0.6 is 0 Å². The third kappa shape index (κ3) is 3.11. The van der Waals surface area contributed by atoms with E-state index in [1.165, 1.54) is 6.07 Å². The number of rotatable bonds is 5. The second-order valence-electron chi connectivity index (χ2n) is 4.29. The largest absolute Gasteiger partial charge is 0.373 e. The van der Waals surface area contributed by atoms with Crippen LogP contribution in [0.5, 0.6) is 0 Å². The standard InChI is InChI=1S/C11H11F2N5O3/c12-11(13,3-14)4-15-8-2-7-6(1-9(8)18(20)21)10(19)17-5-16-7/h1-2,5,15H,3-4,14H2,(H,16,17,19). The second kappa shape index (κ2) is 5.40. The van der Waals surface area contributed by atoms with Crippen LogP contribution in [0, 0.1) is 10.1 Å². The van der Waals surface area contributed by atoms with E-state index in [1.54, 1.807) is 0 Å². The molecule has 2 rings (SSSR count). The minimum absolute atomic E-state index is 0.000310. The van der Waals surface area contributed by atoms with E-state index < -0.39 is 35.2 Å². The molecule has 0 saturated heterocycles. The van der Waals surface area contributed by atoms with Crippen molar-refractivity contribution in [3.8, 4) is 0 Å². The highest BCUT2D eigenvalue weighted by Gasteiger charge is 2.28. The normalized spacial score (nSPS) is 11.6. The molecule has 0 fully saturated rings. The number of H-pyrrole nitrogens is 1. The van der Waals surface area contributed by atoms with Crippen molar-refractivity contribution in [2.24, 2.45) is 5.73 Å².